The van der Waals surface area contributed by atoms with Crippen molar-refractivity contribution in [2.24, 2.45) is 0 Å². The second-order valence-corrected chi connectivity index (χ2v) is 3.63. The van der Waals surface area contributed by atoms with Gasteiger partial charge in [-0.05, 0) is 31.2 Å². The van der Waals surface area contributed by atoms with Gasteiger partial charge in [0, 0.05) is 6.54 Å². The van der Waals surface area contributed by atoms with Crippen molar-refractivity contribution in [3.8, 4) is 5.75 Å². The molecular formula is C12H16ClNO. The summed E-state index contributed by atoms with van der Waals surface area (Å²) in [6.45, 7) is 5.06. The van der Waals surface area contributed by atoms with E-state index in [1.807, 2.05) is 31.3 Å². The minimum absolute atomic E-state index is 0.620. The Bertz CT molecular complexity index is 325. The fraction of sp³-hybridized carbons (Fsp3) is 0.333. The van der Waals surface area contributed by atoms with E-state index in [0.29, 0.717) is 11.6 Å². The van der Waals surface area contributed by atoms with Crippen molar-refractivity contribution >= 4 is 11.6 Å². The molecule has 0 radical (unpaired) electrons. The van der Waals surface area contributed by atoms with Crippen LogP contribution in [0.4, 0.5) is 0 Å². The maximum Gasteiger partial charge on any atom is 0.137 e. The van der Waals surface area contributed by atoms with Crippen LogP contribution in [0, 0.1) is 0 Å². The van der Waals surface area contributed by atoms with Gasteiger partial charge in [-0.2, -0.15) is 0 Å². The van der Waals surface area contributed by atoms with Crippen LogP contribution in [-0.2, 0) is 6.54 Å². The first-order chi connectivity index (χ1) is 7.27. The second kappa shape index (κ2) is 6.49. The lowest BCUT2D eigenvalue weighted by Gasteiger charge is -2.08. The third kappa shape index (κ3) is 3.94. The lowest BCUT2D eigenvalue weighted by molar-refractivity contribution is 0.325. The zero-order valence-electron chi connectivity index (χ0n) is 8.92. The molecule has 1 N–H and O–H groups in total. The highest BCUT2D eigenvalue weighted by Gasteiger charge is 2.02. The number of rotatable bonds is 6. The van der Waals surface area contributed by atoms with Gasteiger partial charge >= 0.3 is 0 Å². The van der Waals surface area contributed by atoms with Crippen LogP contribution in [0.5, 0.6) is 5.75 Å². The van der Waals surface area contributed by atoms with Gasteiger partial charge in [-0.3, -0.25) is 0 Å². The third-order valence-corrected chi connectivity index (χ3v) is 2.25. The minimum Gasteiger partial charge on any atom is -0.492 e. The van der Waals surface area contributed by atoms with Gasteiger partial charge < -0.3 is 10.1 Å². The Morgan fingerprint density at radius 3 is 2.93 bits per heavy atom. The Kier molecular flexibility index (Phi) is 5.22. The molecular weight excluding hydrogens is 210 g/mol. The van der Waals surface area contributed by atoms with Crippen LogP contribution in [0.25, 0.3) is 0 Å². The van der Waals surface area contributed by atoms with Crippen molar-refractivity contribution in [3.63, 3.8) is 0 Å². The van der Waals surface area contributed by atoms with Gasteiger partial charge in [0.25, 0.3) is 0 Å². The molecule has 82 valence electrons. The summed E-state index contributed by atoms with van der Waals surface area (Å²) in [6.07, 6.45) is 2.65. The van der Waals surface area contributed by atoms with E-state index in [4.69, 9.17) is 16.3 Å². The number of halogens is 1. The van der Waals surface area contributed by atoms with Gasteiger partial charge in [0.05, 0.1) is 11.6 Å². The molecule has 0 amide bonds. The average Bonchev–Trinajstić information content (AvgIpc) is 2.22. The summed E-state index contributed by atoms with van der Waals surface area (Å²) in [5, 5.41) is 3.73. The number of hydrogen-bond donors (Lipinski definition) is 1. The molecule has 0 saturated carbocycles. The minimum atomic E-state index is 0.620. The highest BCUT2D eigenvalue weighted by atomic mass is 35.5. The number of hydrogen-bond acceptors (Lipinski definition) is 2. The fourth-order valence-corrected chi connectivity index (χ4v) is 1.49. The molecule has 1 rings (SSSR count). The molecule has 2 nitrogen and oxygen atoms in total. The largest absolute Gasteiger partial charge is 0.492 e. The average molecular weight is 226 g/mol. The van der Waals surface area contributed by atoms with Crippen LogP contribution in [0.2, 0.25) is 5.02 Å². The molecule has 0 fully saturated rings. The molecule has 0 unspecified atom stereocenters. The zero-order chi connectivity index (χ0) is 11.1. The maximum absolute atomic E-state index is 6.07. The first-order valence-electron chi connectivity index (χ1n) is 4.94. The number of nitrogens with one attached hydrogen (secondary N) is 1. The second-order valence-electron chi connectivity index (χ2n) is 3.22. The topological polar surface area (TPSA) is 21.3 Å². The standard InChI is InChI=1S/C12H16ClNO/c1-3-4-7-15-12-6-5-10(9-14-2)8-11(12)13/h3,5-6,8,14H,1,4,7,9H2,2H3. The molecule has 0 aliphatic rings. The van der Waals surface area contributed by atoms with Crippen molar-refractivity contribution in [2.75, 3.05) is 13.7 Å². The predicted molar refractivity (Wildman–Crippen MR) is 64.5 cm³/mol. The molecule has 0 atom stereocenters. The Morgan fingerprint density at radius 2 is 2.33 bits per heavy atom. The molecule has 0 heterocycles. The number of ether oxygens (including phenoxy) is 1. The third-order valence-electron chi connectivity index (χ3n) is 1.96. The first-order valence-corrected chi connectivity index (χ1v) is 5.32. The highest BCUT2D eigenvalue weighted by Crippen LogP contribution is 2.25. The Labute approximate surface area is 95.9 Å². The van der Waals surface area contributed by atoms with Crippen LogP contribution in [0.3, 0.4) is 0 Å². The van der Waals surface area contributed by atoms with E-state index in [9.17, 15) is 0 Å². The summed E-state index contributed by atoms with van der Waals surface area (Å²) in [5.41, 5.74) is 1.15. The molecule has 0 aromatic heterocycles. The van der Waals surface area contributed by atoms with Gasteiger partial charge in [0.1, 0.15) is 5.75 Å². The van der Waals surface area contributed by atoms with E-state index < -0.39 is 0 Å². The maximum atomic E-state index is 6.07. The summed E-state index contributed by atoms with van der Waals surface area (Å²) in [5.74, 6) is 0.735. The molecule has 15 heavy (non-hydrogen) atoms. The van der Waals surface area contributed by atoms with Crippen molar-refractivity contribution < 1.29 is 4.74 Å². The quantitative estimate of drug-likeness (QED) is 0.594. The molecule has 1 aromatic carbocycles. The van der Waals surface area contributed by atoms with Crippen molar-refractivity contribution in [2.45, 2.75) is 13.0 Å². The molecule has 0 bridgehead atoms. The van der Waals surface area contributed by atoms with E-state index in [0.717, 1.165) is 24.3 Å². The molecule has 3 heteroatoms. The van der Waals surface area contributed by atoms with Crippen LogP contribution in [-0.4, -0.2) is 13.7 Å². The van der Waals surface area contributed by atoms with E-state index in [1.54, 1.807) is 0 Å². The van der Waals surface area contributed by atoms with E-state index in [-0.39, 0.29) is 0 Å². The highest BCUT2D eigenvalue weighted by molar-refractivity contribution is 6.32. The van der Waals surface area contributed by atoms with E-state index >= 15 is 0 Å². The van der Waals surface area contributed by atoms with Crippen molar-refractivity contribution in [1.82, 2.24) is 5.32 Å². The Hall–Kier alpha value is -0.990. The van der Waals surface area contributed by atoms with Gasteiger partial charge in [-0.15, -0.1) is 6.58 Å². The molecule has 1 aromatic rings. The van der Waals surface area contributed by atoms with E-state index in [2.05, 4.69) is 11.9 Å². The van der Waals surface area contributed by atoms with E-state index in [1.165, 1.54) is 0 Å². The molecule has 0 spiro atoms. The lowest BCUT2D eigenvalue weighted by atomic mass is 10.2. The lowest BCUT2D eigenvalue weighted by Crippen LogP contribution is -2.05. The summed E-state index contributed by atoms with van der Waals surface area (Å²) in [6, 6.07) is 5.82. The van der Waals surface area contributed by atoms with Gasteiger partial charge in [-0.1, -0.05) is 23.7 Å². The van der Waals surface area contributed by atoms with Crippen LogP contribution in [0.15, 0.2) is 30.9 Å². The van der Waals surface area contributed by atoms with Crippen molar-refractivity contribution in [3.05, 3.63) is 41.4 Å². The smallest absolute Gasteiger partial charge is 0.137 e. The predicted octanol–water partition coefficient (Wildman–Crippen LogP) is 3.01. The van der Waals surface area contributed by atoms with Crippen LogP contribution in [0.1, 0.15) is 12.0 Å². The fourth-order valence-electron chi connectivity index (χ4n) is 1.23. The SMILES string of the molecule is C=CCCOc1ccc(CNC)cc1Cl. The zero-order valence-corrected chi connectivity index (χ0v) is 9.68. The molecule has 0 aliphatic carbocycles. The Balaban J connectivity index is 2.61. The van der Waals surface area contributed by atoms with Crippen LogP contribution < -0.4 is 10.1 Å². The summed E-state index contributed by atoms with van der Waals surface area (Å²) >= 11 is 6.07. The first kappa shape index (κ1) is 12.1. The van der Waals surface area contributed by atoms with Gasteiger partial charge in [-0.25, -0.2) is 0 Å². The van der Waals surface area contributed by atoms with Crippen LogP contribution >= 0.6 is 11.6 Å². The summed E-state index contributed by atoms with van der Waals surface area (Å²) in [7, 11) is 1.91. The van der Waals surface area contributed by atoms with Gasteiger partial charge in [0.2, 0.25) is 0 Å². The van der Waals surface area contributed by atoms with Crippen molar-refractivity contribution in [1.29, 1.82) is 0 Å². The van der Waals surface area contributed by atoms with Gasteiger partial charge in [0.15, 0.2) is 0 Å². The summed E-state index contributed by atoms with van der Waals surface area (Å²) in [4.78, 5) is 0. The number of benzene rings is 1. The Morgan fingerprint density at radius 1 is 1.53 bits per heavy atom. The molecule has 0 saturated heterocycles. The normalized spacial score (nSPS) is 10.0. The summed E-state index contributed by atoms with van der Waals surface area (Å²) < 4.78 is 5.49. The monoisotopic (exact) mass is 225 g/mol. The molecule has 0 aliphatic heterocycles.